The van der Waals surface area contributed by atoms with Crippen molar-refractivity contribution in [1.29, 1.82) is 0 Å². The van der Waals surface area contributed by atoms with E-state index in [1.165, 1.54) is 6.42 Å². The molecule has 1 aliphatic heterocycles. The topological polar surface area (TPSA) is 62.3 Å². The molecule has 1 fully saturated rings. The van der Waals surface area contributed by atoms with Crippen LogP contribution in [-0.4, -0.2) is 29.1 Å². The second kappa shape index (κ2) is 5.40. The van der Waals surface area contributed by atoms with E-state index >= 15 is 0 Å². The second-order valence-corrected chi connectivity index (χ2v) is 4.42. The van der Waals surface area contributed by atoms with Crippen molar-refractivity contribution in [2.75, 3.05) is 18.9 Å². The molecule has 2 N–H and O–H groups in total. The molecule has 5 heteroatoms. The van der Waals surface area contributed by atoms with Crippen LogP contribution < -0.4 is 10.5 Å². The molecule has 1 unspecified atom stereocenters. The highest BCUT2D eigenvalue weighted by molar-refractivity contribution is 5.52. The molecule has 1 saturated heterocycles. The number of aryl methyl sites for hydroxylation is 2. The lowest BCUT2D eigenvalue weighted by molar-refractivity contribution is -0.0126. The monoisotopic (exact) mass is 239 g/mol. The Bertz CT molecular complexity index is 370. The lowest BCUT2D eigenvalue weighted by Gasteiger charge is -2.22. The predicted octanol–water partition coefficient (Wildman–Crippen LogP) is 1.74. The summed E-state index contributed by atoms with van der Waals surface area (Å²) in [6, 6.07) is 0. The van der Waals surface area contributed by atoms with Crippen LogP contribution >= 0.6 is 0 Å². The van der Waals surface area contributed by atoms with E-state index in [9.17, 15) is 0 Å². The van der Waals surface area contributed by atoms with Crippen LogP contribution in [0.1, 0.15) is 31.9 Å². The summed E-state index contributed by atoms with van der Waals surface area (Å²) in [4.78, 5) is 0. The van der Waals surface area contributed by atoms with E-state index in [0.717, 1.165) is 31.7 Å². The van der Waals surface area contributed by atoms with Gasteiger partial charge in [0.1, 0.15) is 12.3 Å². The molecule has 0 radical (unpaired) electrons. The maximum absolute atomic E-state index is 5.95. The van der Waals surface area contributed by atoms with E-state index in [0.29, 0.717) is 18.2 Å². The van der Waals surface area contributed by atoms with E-state index in [4.69, 9.17) is 15.2 Å². The Morgan fingerprint density at radius 2 is 2.35 bits per heavy atom. The van der Waals surface area contributed by atoms with Gasteiger partial charge in [0, 0.05) is 13.2 Å². The van der Waals surface area contributed by atoms with Gasteiger partial charge in [-0.3, -0.25) is 0 Å². The van der Waals surface area contributed by atoms with Gasteiger partial charge in [0.25, 0.3) is 0 Å². The molecule has 1 aromatic heterocycles. The number of hydrogen-bond acceptors (Lipinski definition) is 4. The first-order valence-electron chi connectivity index (χ1n) is 6.29. The van der Waals surface area contributed by atoms with Gasteiger partial charge in [-0.25, -0.2) is 4.68 Å². The number of ether oxygens (including phenoxy) is 2. The highest BCUT2D eigenvalue weighted by atomic mass is 16.5. The zero-order valence-electron chi connectivity index (χ0n) is 10.6. The van der Waals surface area contributed by atoms with Crippen LogP contribution in [0.15, 0.2) is 0 Å². The van der Waals surface area contributed by atoms with Crippen molar-refractivity contribution in [1.82, 2.24) is 9.78 Å². The minimum absolute atomic E-state index is 0.198. The van der Waals surface area contributed by atoms with Crippen molar-refractivity contribution in [2.24, 2.45) is 0 Å². The molecule has 0 amide bonds. The molecule has 1 aromatic rings. The van der Waals surface area contributed by atoms with Gasteiger partial charge in [-0.05, 0) is 33.1 Å². The number of rotatable bonds is 4. The first-order chi connectivity index (χ1) is 8.22. The number of nitrogen functional groups attached to an aromatic ring is 1. The second-order valence-electron chi connectivity index (χ2n) is 4.42. The van der Waals surface area contributed by atoms with E-state index < -0.39 is 0 Å². The lowest BCUT2D eigenvalue weighted by atomic mass is 10.1. The normalized spacial score (nSPS) is 20.5. The molecule has 17 heavy (non-hydrogen) atoms. The first kappa shape index (κ1) is 12.2. The van der Waals surface area contributed by atoms with Gasteiger partial charge < -0.3 is 15.2 Å². The van der Waals surface area contributed by atoms with Crippen LogP contribution in [-0.2, 0) is 11.3 Å². The van der Waals surface area contributed by atoms with Gasteiger partial charge in [0.15, 0.2) is 0 Å². The zero-order valence-corrected chi connectivity index (χ0v) is 10.6. The molecule has 2 heterocycles. The Morgan fingerprint density at radius 3 is 3.00 bits per heavy atom. The van der Waals surface area contributed by atoms with Crippen LogP contribution in [0.2, 0.25) is 0 Å². The third-order valence-electron chi connectivity index (χ3n) is 3.10. The maximum atomic E-state index is 5.95. The Labute approximate surface area is 102 Å². The van der Waals surface area contributed by atoms with Crippen LogP contribution in [0, 0.1) is 6.92 Å². The SMILES string of the molecule is CCn1nc(C)c(N)c1OCC1CCCCO1. The molecule has 5 nitrogen and oxygen atoms in total. The highest BCUT2D eigenvalue weighted by Gasteiger charge is 2.18. The molecular weight excluding hydrogens is 218 g/mol. The van der Waals surface area contributed by atoms with Gasteiger partial charge in [0.2, 0.25) is 5.88 Å². The van der Waals surface area contributed by atoms with E-state index in [1.54, 1.807) is 4.68 Å². The average Bonchev–Trinajstić information content (AvgIpc) is 2.64. The lowest BCUT2D eigenvalue weighted by Crippen LogP contribution is -2.26. The van der Waals surface area contributed by atoms with Crippen molar-refractivity contribution in [3.05, 3.63) is 5.69 Å². The van der Waals surface area contributed by atoms with E-state index in [2.05, 4.69) is 5.10 Å². The van der Waals surface area contributed by atoms with Crippen molar-refractivity contribution in [3.8, 4) is 5.88 Å². The number of anilines is 1. The van der Waals surface area contributed by atoms with Crippen molar-refractivity contribution >= 4 is 5.69 Å². The smallest absolute Gasteiger partial charge is 0.236 e. The molecule has 1 aliphatic rings. The number of nitrogens with zero attached hydrogens (tertiary/aromatic N) is 2. The number of aromatic nitrogens is 2. The maximum Gasteiger partial charge on any atom is 0.236 e. The first-order valence-corrected chi connectivity index (χ1v) is 6.29. The highest BCUT2D eigenvalue weighted by Crippen LogP contribution is 2.25. The summed E-state index contributed by atoms with van der Waals surface area (Å²) in [6.07, 6.45) is 3.64. The molecule has 96 valence electrons. The van der Waals surface area contributed by atoms with Gasteiger partial charge in [-0.1, -0.05) is 0 Å². The van der Waals surface area contributed by atoms with Crippen molar-refractivity contribution in [2.45, 2.75) is 45.8 Å². The fourth-order valence-corrected chi connectivity index (χ4v) is 2.05. The third-order valence-corrected chi connectivity index (χ3v) is 3.10. The summed E-state index contributed by atoms with van der Waals surface area (Å²) in [5.41, 5.74) is 7.41. The quantitative estimate of drug-likeness (QED) is 0.869. The predicted molar refractivity (Wildman–Crippen MR) is 66.1 cm³/mol. The fourth-order valence-electron chi connectivity index (χ4n) is 2.05. The summed E-state index contributed by atoms with van der Waals surface area (Å²) in [6.45, 7) is 6.09. The van der Waals surface area contributed by atoms with Gasteiger partial charge >= 0.3 is 0 Å². The average molecular weight is 239 g/mol. The van der Waals surface area contributed by atoms with Crippen molar-refractivity contribution in [3.63, 3.8) is 0 Å². The summed E-state index contributed by atoms with van der Waals surface area (Å²) < 4.78 is 13.2. The molecule has 0 aromatic carbocycles. The molecule has 2 rings (SSSR count). The summed E-state index contributed by atoms with van der Waals surface area (Å²) in [7, 11) is 0. The Kier molecular flexibility index (Phi) is 3.89. The van der Waals surface area contributed by atoms with Gasteiger partial charge in [-0.2, -0.15) is 5.10 Å². The van der Waals surface area contributed by atoms with E-state index in [-0.39, 0.29) is 6.10 Å². The van der Waals surface area contributed by atoms with Crippen LogP contribution in [0.5, 0.6) is 5.88 Å². The van der Waals surface area contributed by atoms with E-state index in [1.807, 2.05) is 13.8 Å². The Morgan fingerprint density at radius 1 is 1.53 bits per heavy atom. The van der Waals surface area contributed by atoms with Crippen LogP contribution in [0.3, 0.4) is 0 Å². The minimum atomic E-state index is 0.198. The summed E-state index contributed by atoms with van der Waals surface area (Å²) in [5, 5.41) is 4.32. The number of hydrogen-bond donors (Lipinski definition) is 1. The fraction of sp³-hybridized carbons (Fsp3) is 0.750. The van der Waals surface area contributed by atoms with Crippen LogP contribution in [0.4, 0.5) is 5.69 Å². The summed E-state index contributed by atoms with van der Waals surface area (Å²) in [5.74, 6) is 0.680. The molecule has 0 aliphatic carbocycles. The minimum Gasteiger partial charge on any atom is -0.474 e. The van der Waals surface area contributed by atoms with Crippen LogP contribution in [0.25, 0.3) is 0 Å². The number of nitrogens with two attached hydrogens (primary N) is 1. The van der Waals surface area contributed by atoms with Gasteiger partial charge in [-0.15, -0.1) is 0 Å². The Balaban J connectivity index is 1.97. The molecule has 0 spiro atoms. The zero-order chi connectivity index (χ0) is 12.3. The summed E-state index contributed by atoms with van der Waals surface area (Å²) >= 11 is 0. The molecule has 1 atom stereocenters. The van der Waals surface area contributed by atoms with Crippen molar-refractivity contribution < 1.29 is 9.47 Å². The largest absolute Gasteiger partial charge is 0.474 e. The molecule has 0 saturated carbocycles. The molecular formula is C12H21N3O2. The van der Waals surface area contributed by atoms with Gasteiger partial charge in [0.05, 0.1) is 11.8 Å². The molecule has 0 bridgehead atoms. The third kappa shape index (κ3) is 2.72. The standard InChI is InChI=1S/C12H21N3O2/c1-3-15-12(11(13)9(2)14-15)17-8-10-6-4-5-7-16-10/h10H,3-8,13H2,1-2H3. The Hall–Kier alpha value is -1.23.